The zero-order chi connectivity index (χ0) is 7.02. The Morgan fingerprint density at radius 3 is 2.22 bits per heavy atom. The van der Waals surface area contributed by atoms with Crippen LogP contribution in [0.15, 0.2) is 0 Å². The standard InChI is InChI=1S/C6H11NO2/c1-3-4(2)9-6(8)5(3)7/h3-5H,7H2,1-2H3/t3?,4-,5-/m0/s1. The maximum atomic E-state index is 10.6. The van der Waals surface area contributed by atoms with Crippen LogP contribution < -0.4 is 5.73 Å². The Hall–Kier alpha value is -0.570. The first-order valence-corrected chi connectivity index (χ1v) is 3.09. The molecule has 0 aliphatic carbocycles. The third-order valence-electron chi connectivity index (χ3n) is 1.88. The molecule has 0 aromatic rings. The van der Waals surface area contributed by atoms with Crippen molar-refractivity contribution in [2.45, 2.75) is 26.0 Å². The highest BCUT2D eigenvalue weighted by Gasteiger charge is 2.36. The van der Waals surface area contributed by atoms with Crippen molar-refractivity contribution < 1.29 is 9.53 Å². The highest BCUT2D eigenvalue weighted by molar-refractivity contribution is 5.78. The minimum absolute atomic E-state index is 0.00694. The molecule has 0 aromatic carbocycles. The maximum Gasteiger partial charge on any atom is 0.323 e. The van der Waals surface area contributed by atoms with Crippen LogP contribution in [0.25, 0.3) is 0 Å². The summed E-state index contributed by atoms with van der Waals surface area (Å²) in [6.45, 7) is 3.77. The van der Waals surface area contributed by atoms with Crippen LogP contribution in [0.3, 0.4) is 0 Å². The number of ether oxygens (including phenoxy) is 1. The molecule has 9 heavy (non-hydrogen) atoms. The second-order valence-corrected chi connectivity index (χ2v) is 2.53. The lowest BCUT2D eigenvalue weighted by molar-refractivity contribution is -0.141. The van der Waals surface area contributed by atoms with Gasteiger partial charge in [-0.05, 0) is 6.92 Å². The second kappa shape index (κ2) is 1.99. The molecule has 1 unspecified atom stereocenters. The van der Waals surface area contributed by atoms with E-state index < -0.39 is 6.04 Å². The van der Waals surface area contributed by atoms with Crippen molar-refractivity contribution in [3.8, 4) is 0 Å². The SMILES string of the molecule is CC1[C@H](C)OC(=O)[C@H]1N. The summed E-state index contributed by atoms with van der Waals surface area (Å²) in [5, 5.41) is 0. The summed E-state index contributed by atoms with van der Waals surface area (Å²) >= 11 is 0. The van der Waals surface area contributed by atoms with Gasteiger partial charge in [-0.3, -0.25) is 4.79 Å². The van der Waals surface area contributed by atoms with Gasteiger partial charge >= 0.3 is 5.97 Å². The van der Waals surface area contributed by atoms with Gasteiger partial charge in [0.2, 0.25) is 0 Å². The van der Waals surface area contributed by atoms with E-state index in [1.54, 1.807) is 0 Å². The van der Waals surface area contributed by atoms with Gasteiger partial charge in [0.15, 0.2) is 0 Å². The van der Waals surface area contributed by atoms with Gasteiger partial charge < -0.3 is 10.5 Å². The molecule has 0 bridgehead atoms. The molecule has 1 saturated heterocycles. The normalized spacial score (nSPS) is 43.0. The second-order valence-electron chi connectivity index (χ2n) is 2.53. The molecule has 3 atom stereocenters. The maximum absolute atomic E-state index is 10.6. The van der Waals surface area contributed by atoms with Crippen LogP contribution in [-0.4, -0.2) is 18.1 Å². The largest absolute Gasteiger partial charge is 0.461 e. The number of hydrogen-bond donors (Lipinski definition) is 1. The van der Waals surface area contributed by atoms with E-state index in [1.165, 1.54) is 0 Å². The topological polar surface area (TPSA) is 52.3 Å². The Morgan fingerprint density at radius 2 is 2.11 bits per heavy atom. The molecular formula is C6H11NO2. The van der Waals surface area contributed by atoms with Crippen molar-refractivity contribution in [3.63, 3.8) is 0 Å². The molecule has 1 rings (SSSR count). The molecule has 1 fully saturated rings. The molecule has 1 aliphatic heterocycles. The summed E-state index contributed by atoms with van der Waals surface area (Å²) < 4.78 is 4.82. The lowest BCUT2D eigenvalue weighted by Crippen LogP contribution is -2.31. The van der Waals surface area contributed by atoms with Crippen LogP contribution in [0, 0.1) is 5.92 Å². The molecule has 0 radical (unpaired) electrons. The van der Waals surface area contributed by atoms with Gasteiger partial charge in [-0.1, -0.05) is 6.92 Å². The van der Waals surface area contributed by atoms with E-state index in [4.69, 9.17) is 10.5 Å². The van der Waals surface area contributed by atoms with Crippen LogP contribution in [0.4, 0.5) is 0 Å². The van der Waals surface area contributed by atoms with Crippen molar-refractivity contribution in [1.82, 2.24) is 0 Å². The van der Waals surface area contributed by atoms with Crippen LogP contribution in [-0.2, 0) is 9.53 Å². The number of cyclic esters (lactones) is 1. The number of esters is 1. The van der Waals surface area contributed by atoms with Gasteiger partial charge in [0.25, 0.3) is 0 Å². The third-order valence-corrected chi connectivity index (χ3v) is 1.88. The quantitative estimate of drug-likeness (QED) is 0.464. The van der Waals surface area contributed by atoms with Crippen LogP contribution >= 0.6 is 0 Å². The predicted molar refractivity (Wildman–Crippen MR) is 32.7 cm³/mol. The Labute approximate surface area is 54.2 Å². The predicted octanol–water partition coefficient (Wildman–Crippen LogP) is -0.105. The fourth-order valence-corrected chi connectivity index (χ4v) is 0.876. The van der Waals surface area contributed by atoms with E-state index in [-0.39, 0.29) is 18.0 Å². The number of rotatable bonds is 0. The minimum Gasteiger partial charge on any atom is -0.461 e. The summed E-state index contributed by atoms with van der Waals surface area (Å²) in [7, 11) is 0. The average Bonchev–Trinajstić information content (AvgIpc) is 1.98. The van der Waals surface area contributed by atoms with Gasteiger partial charge in [0.05, 0.1) is 0 Å². The van der Waals surface area contributed by atoms with Gasteiger partial charge in [-0.15, -0.1) is 0 Å². The van der Waals surface area contributed by atoms with Crippen molar-refractivity contribution in [2.24, 2.45) is 11.7 Å². The minimum atomic E-state index is -0.403. The van der Waals surface area contributed by atoms with E-state index >= 15 is 0 Å². The fourth-order valence-electron chi connectivity index (χ4n) is 0.876. The van der Waals surface area contributed by atoms with Crippen molar-refractivity contribution in [3.05, 3.63) is 0 Å². The monoisotopic (exact) mass is 129 g/mol. The Bertz CT molecular complexity index is 135. The molecule has 3 nitrogen and oxygen atoms in total. The summed E-state index contributed by atoms with van der Waals surface area (Å²) in [4.78, 5) is 10.6. The summed E-state index contributed by atoms with van der Waals surface area (Å²) in [6, 6.07) is -0.403. The Balaban J connectivity index is 2.65. The van der Waals surface area contributed by atoms with Crippen LogP contribution in [0.2, 0.25) is 0 Å². The number of nitrogens with two attached hydrogens (primary N) is 1. The molecule has 2 N–H and O–H groups in total. The van der Waals surface area contributed by atoms with Crippen LogP contribution in [0.1, 0.15) is 13.8 Å². The van der Waals surface area contributed by atoms with Crippen molar-refractivity contribution >= 4 is 5.97 Å². The highest BCUT2D eigenvalue weighted by Crippen LogP contribution is 2.19. The number of hydrogen-bond acceptors (Lipinski definition) is 3. The molecule has 52 valence electrons. The third kappa shape index (κ3) is 0.920. The van der Waals surface area contributed by atoms with E-state index in [9.17, 15) is 4.79 Å². The molecule has 3 heteroatoms. The van der Waals surface area contributed by atoms with E-state index in [1.807, 2.05) is 13.8 Å². The van der Waals surface area contributed by atoms with Gasteiger partial charge in [-0.25, -0.2) is 0 Å². The molecule has 0 spiro atoms. The first-order valence-electron chi connectivity index (χ1n) is 3.09. The average molecular weight is 129 g/mol. The van der Waals surface area contributed by atoms with Crippen molar-refractivity contribution in [2.75, 3.05) is 0 Å². The number of carbonyl (C=O) groups is 1. The smallest absolute Gasteiger partial charge is 0.323 e. The molecule has 1 heterocycles. The lowest BCUT2D eigenvalue weighted by Gasteiger charge is -2.06. The first kappa shape index (κ1) is 6.55. The lowest BCUT2D eigenvalue weighted by atomic mass is 10.0. The van der Waals surface area contributed by atoms with Crippen molar-refractivity contribution in [1.29, 1.82) is 0 Å². The molecular weight excluding hydrogens is 118 g/mol. The summed E-state index contributed by atoms with van der Waals surface area (Å²) in [5.74, 6) is -0.104. The fraction of sp³-hybridized carbons (Fsp3) is 0.833. The first-order chi connectivity index (χ1) is 4.13. The van der Waals surface area contributed by atoms with E-state index in [0.29, 0.717) is 0 Å². The Morgan fingerprint density at radius 1 is 1.56 bits per heavy atom. The molecule has 1 aliphatic rings. The van der Waals surface area contributed by atoms with Crippen LogP contribution in [0.5, 0.6) is 0 Å². The van der Waals surface area contributed by atoms with Gasteiger partial charge in [-0.2, -0.15) is 0 Å². The molecule has 0 amide bonds. The summed E-state index contributed by atoms with van der Waals surface area (Å²) in [6.07, 6.45) is -0.00694. The summed E-state index contributed by atoms with van der Waals surface area (Å²) in [5.41, 5.74) is 5.44. The zero-order valence-electron chi connectivity index (χ0n) is 5.63. The molecule has 0 aromatic heterocycles. The van der Waals surface area contributed by atoms with Gasteiger partial charge in [0, 0.05) is 5.92 Å². The number of carbonyl (C=O) groups excluding carboxylic acids is 1. The van der Waals surface area contributed by atoms with E-state index in [0.717, 1.165) is 0 Å². The highest BCUT2D eigenvalue weighted by atomic mass is 16.6. The zero-order valence-corrected chi connectivity index (χ0v) is 5.63. The van der Waals surface area contributed by atoms with Gasteiger partial charge in [0.1, 0.15) is 12.1 Å². The van der Waals surface area contributed by atoms with E-state index in [2.05, 4.69) is 0 Å². The Kier molecular flexibility index (Phi) is 1.45. The molecule has 0 saturated carbocycles.